The van der Waals surface area contributed by atoms with Crippen LogP contribution in [0.2, 0.25) is 0 Å². The average Bonchev–Trinajstić information content (AvgIpc) is 3.15. The quantitative estimate of drug-likeness (QED) is 0.655. The number of hydrogen-bond acceptors (Lipinski definition) is 7. The van der Waals surface area contributed by atoms with E-state index >= 15 is 0 Å². The summed E-state index contributed by atoms with van der Waals surface area (Å²) in [4.78, 5) is 4.47. The zero-order valence-electron chi connectivity index (χ0n) is 13.4. The second-order valence-electron chi connectivity index (χ2n) is 5.10. The van der Waals surface area contributed by atoms with Crippen LogP contribution in [0.4, 0.5) is 0 Å². The molecule has 0 aromatic carbocycles. The molecule has 23 heavy (non-hydrogen) atoms. The third kappa shape index (κ3) is 3.10. The van der Waals surface area contributed by atoms with Gasteiger partial charge < -0.3 is 13.6 Å². The van der Waals surface area contributed by atoms with Gasteiger partial charge in [0, 0.05) is 23.1 Å². The van der Waals surface area contributed by atoms with Crippen LogP contribution in [0.1, 0.15) is 22.6 Å². The SMILES string of the molecule is COc1c(C)cnc(CSc2nnc(-c3ccoc3C)o2)c1C. The molecular weight excluding hydrogens is 314 g/mol. The van der Waals surface area contributed by atoms with E-state index in [0.29, 0.717) is 16.9 Å². The molecule has 0 atom stereocenters. The summed E-state index contributed by atoms with van der Waals surface area (Å²) in [5.41, 5.74) is 3.81. The Kier molecular flexibility index (Phi) is 4.38. The highest BCUT2D eigenvalue weighted by atomic mass is 32.2. The fourth-order valence-electron chi connectivity index (χ4n) is 2.33. The molecule has 0 bridgehead atoms. The van der Waals surface area contributed by atoms with Gasteiger partial charge in [0.15, 0.2) is 0 Å². The van der Waals surface area contributed by atoms with E-state index < -0.39 is 0 Å². The molecule has 0 aliphatic heterocycles. The van der Waals surface area contributed by atoms with Crippen LogP contribution in [0.5, 0.6) is 5.75 Å². The number of hydrogen-bond donors (Lipinski definition) is 0. The van der Waals surface area contributed by atoms with Gasteiger partial charge >= 0.3 is 0 Å². The number of pyridine rings is 1. The van der Waals surface area contributed by atoms with Crippen molar-refractivity contribution < 1.29 is 13.6 Å². The number of aryl methyl sites for hydroxylation is 2. The highest BCUT2D eigenvalue weighted by molar-refractivity contribution is 7.98. The molecule has 0 radical (unpaired) electrons. The van der Waals surface area contributed by atoms with Gasteiger partial charge in [-0.2, -0.15) is 0 Å². The van der Waals surface area contributed by atoms with Gasteiger partial charge in [-0.25, -0.2) is 0 Å². The van der Waals surface area contributed by atoms with Crippen LogP contribution in [0, 0.1) is 20.8 Å². The molecule has 120 valence electrons. The van der Waals surface area contributed by atoms with Crippen molar-refractivity contribution in [3.05, 3.63) is 41.1 Å². The number of aromatic nitrogens is 3. The molecule has 0 saturated carbocycles. The molecule has 0 amide bonds. The number of furan rings is 1. The van der Waals surface area contributed by atoms with Crippen LogP contribution in [-0.2, 0) is 5.75 Å². The van der Waals surface area contributed by atoms with Gasteiger partial charge in [-0.1, -0.05) is 11.8 Å². The van der Waals surface area contributed by atoms with Crippen molar-refractivity contribution in [3.8, 4) is 17.2 Å². The molecule has 3 rings (SSSR count). The van der Waals surface area contributed by atoms with Crippen LogP contribution in [0.15, 0.2) is 32.6 Å². The Morgan fingerprint density at radius 1 is 1.22 bits per heavy atom. The van der Waals surface area contributed by atoms with Gasteiger partial charge in [0.2, 0.25) is 0 Å². The first kappa shape index (κ1) is 15.6. The fraction of sp³-hybridized carbons (Fsp3) is 0.312. The third-order valence-electron chi connectivity index (χ3n) is 3.58. The predicted octanol–water partition coefficient (Wildman–Crippen LogP) is 3.95. The van der Waals surface area contributed by atoms with Crippen molar-refractivity contribution in [1.29, 1.82) is 0 Å². The molecule has 0 unspecified atom stereocenters. The zero-order chi connectivity index (χ0) is 16.4. The second kappa shape index (κ2) is 6.45. The topological polar surface area (TPSA) is 74.2 Å². The van der Waals surface area contributed by atoms with Gasteiger partial charge in [-0.3, -0.25) is 4.98 Å². The molecule has 0 aliphatic rings. The number of thioether (sulfide) groups is 1. The standard InChI is InChI=1S/C16H17N3O3S/c1-9-7-17-13(10(2)14(9)20-4)8-23-16-19-18-15(22-16)12-5-6-21-11(12)3/h5-7H,8H2,1-4H3. The van der Waals surface area contributed by atoms with Crippen molar-refractivity contribution in [2.24, 2.45) is 0 Å². The van der Waals surface area contributed by atoms with Crippen molar-refractivity contribution in [3.63, 3.8) is 0 Å². The minimum atomic E-state index is 0.463. The summed E-state index contributed by atoms with van der Waals surface area (Å²) in [7, 11) is 1.67. The van der Waals surface area contributed by atoms with Gasteiger partial charge in [0.25, 0.3) is 11.1 Å². The van der Waals surface area contributed by atoms with Crippen LogP contribution in [-0.4, -0.2) is 22.3 Å². The molecule has 0 saturated heterocycles. The van der Waals surface area contributed by atoms with Crippen molar-refractivity contribution >= 4 is 11.8 Å². The van der Waals surface area contributed by atoms with Gasteiger partial charge in [0.1, 0.15) is 11.5 Å². The molecule has 3 aromatic heterocycles. The summed E-state index contributed by atoms with van der Waals surface area (Å²) in [6.45, 7) is 5.84. The van der Waals surface area contributed by atoms with E-state index in [1.807, 2.05) is 33.0 Å². The highest BCUT2D eigenvalue weighted by Gasteiger charge is 2.15. The van der Waals surface area contributed by atoms with E-state index in [4.69, 9.17) is 13.6 Å². The summed E-state index contributed by atoms with van der Waals surface area (Å²) in [5, 5.41) is 8.62. The average molecular weight is 331 g/mol. The summed E-state index contributed by atoms with van der Waals surface area (Å²) in [5.74, 6) is 2.72. The second-order valence-corrected chi connectivity index (χ2v) is 6.03. The zero-order valence-corrected chi connectivity index (χ0v) is 14.2. The van der Waals surface area contributed by atoms with Crippen LogP contribution >= 0.6 is 11.8 Å². The van der Waals surface area contributed by atoms with E-state index in [-0.39, 0.29) is 0 Å². The third-order valence-corrected chi connectivity index (χ3v) is 4.41. The lowest BCUT2D eigenvalue weighted by Gasteiger charge is -2.11. The van der Waals surface area contributed by atoms with Crippen LogP contribution in [0.3, 0.4) is 0 Å². The lowest BCUT2D eigenvalue weighted by atomic mass is 10.1. The first-order chi connectivity index (χ1) is 11.1. The van der Waals surface area contributed by atoms with E-state index in [1.54, 1.807) is 13.4 Å². The van der Waals surface area contributed by atoms with Crippen molar-refractivity contribution in [1.82, 2.24) is 15.2 Å². The molecule has 3 heterocycles. The van der Waals surface area contributed by atoms with Crippen LogP contribution < -0.4 is 4.74 Å². The summed E-state index contributed by atoms with van der Waals surface area (Å²) in [6.07, 6.45) is 3.42. The van der Waals surface area contributed by atoms with Gasteiger partial charge in [-0.15, -0.1) is 10.2 Å². The van der Waals surface area contributed by atoms with Crippen LogP contribution in [0.25, 0.3) is 11.5 Å². The molecule has 6 nitrogen and oxygen atoms in total. The van der Waals surface area contributed by atoms with Gasteiger partial charge in [-0.05, 0) is 26.8 Å². The van der Waals surface area contributed by atoms with Crippen molar-refractivity contribution in [2.75, 3.05) is 7.11 Å². The largest absolute Gasteiger partial charge is 0.496 e. The van der Waals surface area contributed by atoms with Crippen molar-refractivity contribution in [2.45, 2.75) is 31.7 Å². The Hall–Kier alpha value is -2.28. The smallest absolute Gasteiger partial charge is 0.277 e. The lowest BCUT2D eigenvalue weighted by Crippen LogP contribution is -1.98. The molecule has 7 heteroatoms. The van der Waals surface area contributed by atoms with Gasteiger partial charge in [0.05, 0.1) is 24.6 Å². The number of nitrogens with zero attached hydrogens (tertiary/aromatic N) is 3. The Morgan fingerprint density at radius 3 is 2.74 bits per heavy atom. The Bertz CT molecular complexity index is 826. The number of ether oxygens (including phenoxy) is 1. The first-order valence-corrected chi connectivity index (χ1v) is 8.08. The molecule has 0 N–H and O–H groups in total. The minimum Gasteiger partial charge on any atom is -0.496 e. The summed E-state index contributed by atoms with van der Waals surface area (Å²) >= 11 is 1.45. The maximum Gasteiger partial charge on any atom is 0.277 e. The molecule has 0 fully saturated rings. The van der Waals surface area contributed by atoms with E-state index in [9.17, 15) is 0 Å². The molecule has 0 aliphatic carbocycles. The summed E-state index contributed by atoms with van der Waals surface area (Å²) in [6, 6.07) is 1.81. The summed E-state index contributed by atoms with van der Waals surface area (Å²) < 4.78 is 16.3. The Morgan fingerprint density at radius 2 is 2.04 bits per heavy atom. The maximum atomic E-state index is 5.67. The lowest BCUT2D eigenvalue weighted by molar-refractivity contribution is 0.407. The number of rotatable bonds is 5. The van der Waals surface area contributed by atoms with E-state index in [2.05, 4.69) is 15.2 Å². The maximum absolute atomic E-state index is 5.67. The molecule has 0 spiro atoms. The Labute approximate surface area is 138 Å². The highest BCUT2D eigenvalue weighted by Crippen LogP contribution is 2.30. The van der Waals surface area contributed by atoms with E-state index in [0.717, 1.165) is 33.9 Å². The molecule has 3 aromatic rings. The number of methoxy groups -OCH3 is 1. The predicted molar refractivity (Wildman–Crippen MR) is 86.6 cm³/mol. The Balaban J connectivity index is 1.75. The minimum absolute atomic E-state index is 0.463. The van der Waals surface area contributed by atoms with E-state index in [1.165, 1.54) is 11.8 Å². The fourth-order valence-corrected chi connectivity index (χ4v) is 3.12. The first-order valence-electron chi connectivity index (χ1n) is 7.10. The monoisotopic (exact) mass is 331 g/mol. The molecular formula is C16H17N3O3S. The normalized spacial score (nSPS) is 11.0.